The van der Waals surface area contributed by atoms with E-state index in [2.05, 4.69) is 9.97 Å². The minimum Gasteiger partial charge on any atom is -0.332 e. The highest BCUT2D eigenvalue weighted by atomic mass is 16.2. The van der Waals surface area contributed by atoms with Crippen molar-refractivity contribution in [2.24, 2.45) is 5.73 Å². The summed E-state index contributed by atoms with van der Waals surface area (Å²) in [5.74, 6) is -0.00634. The van der Waals surface area contributed by atoms with Gasteiger partial charge in [0.15, 0.2) is 0 Å². The van der Waals surface area contributed by atoms with Crippen LogP contribution in [0.2, 0.25) is 0 Å². The lowest BCUT2D eigenvalue weighted by Crippen LogP contribution is -2.43. The molecule has 86 valence electrons. The number of nitrogens with two attached hydrogens (primary N) is 1. The maximum atomic E-state index is 11.9. The molecule has 16 heavy (non-hydrogen) atoms. The first-order valence-electron chi connectivity index (χ1n) is 5.49. The van der Waals surface area contributed by atoms with E-state index in [0.717, 1.165) is 18.5 Å². The van der Waals surface area contributed by atoms with Crippen molar-refractivity contribution in [3.8, 4) is 0 Å². The van der Waals surface area contributed by atoms with Crippen LogP contribution < -0.4 is 5.73 Å². The van der Waals surface area contributed by atoms with Crippen molar-refractivity contribution in [2.45, 2.75) is 38.4 Å². The normalized spacial score (nSPS) is 16.9. The molecule has 2 rings (SSSR count). The van der Waals surface area contributed by atoms with Crippen molar-refractivity contribution in [2.75, 3.05) is 0 Å². The molecule has 1 aliphatic rings. The van der Waals surface area contributed by atoms with E-state index in [1.807, 2.05) is 4.90 Å². The fourth-order valence-corrected chi connectivity index (χ4v) is 1.62. The van der Waals surface area contributed by atoms with E-state index in [0.29, 0.717) is 12.6 Å². The summed E-state index contributed by atoms with van der Waals surface area (Å²) in [7, 11) is 0. The Labute approximate surface area is 94.7 Å². The molecule has 5 heteroatoms. The van der Waals surface area contributed by atoms with Crippen LogP contribution in [0.15, 0.2) is 18.6 Å². The molecule has 0 saturated heterocycles. The standard InChI is InChI=1S/C11H16N4O/c1-8(12)11(16)15(10-2-3-10)7-9-6-13-4-5-14-9/h4-6,8,10H,2-3,7,12H2,1H3/t8-/m0/s1. The van der Waals surface area contributed by atoms with Gasteiger partial charge in [-0.1, -0.05) is 0 Å². The van der Waals surface area contributed by atoms with Gasteiger partial charge < -0.3 is 10.6 Å². The van der Waals surface area contributed by atoms with Gasteiger partial charge in [0, 0.05) is 18.4 Å². The molecule has 1 fully saturated rings. The third-order valence-electron chi connectivity index (χ3n) is 2.61. The predicted molar refractivity (Wildman–Crippen MR) is 59.3 cm³/mol. The van der Waals surface area contributed by atoms with Crippen LogP contribution in [-0.2, 0) is 11.3 Å². The van der Waals surface area contributed by atoms with Gasteiger partial charge in [-0.05, 0) is 19.8 Å². The van der Waals surface area contributed by atoms with Crippen LogP contribution in [-0.4, -0.2) is 32.9 Å². The van der Waals surface area contributed by atoms with E-state index in [1.54, 1.807) is 25.5 Å². The van der Waals surface area contributed by atoms with Crippen molar-refractivity contribution in [1.82, 2.24) is 14.9 Å². The molecule has 5 nitrogen and oxygen atoms in total. The molecule has 0 bridgehead atoms. The van der Waals surface area contributed by atoms with Crippen LogP contribution in [0.3, 0.4) is 0 Å². The summed E-state index contributed by atoms with van der Waals surface area (Å²) in [4.78, 5) is 21.9. The first-order valence-corrected chi connectivity index (χ1v) is 5.49. The number of nitrogens with zero attached hydrogens (tertiary/aromatic N) is 3. The van der Waals surface area contributed by atoms with Gasteiger partial charge in [-0.2, -0.15) is 0 Å². The summed E-state index contributed by atoms with van der Waals surface area (Å²) >= 11 is 0. The second-order valence-electron chi connectivity index (χ2n) is 4.18. The molecule has 1 aromatic heterocycles. The van der Waals surface area contributed by atoms with Gasteiger partial charge in [-0.15, -0.1) is 0 Å². The van der Waals surface area contributed by atoms with Crippen molar-refractivity contribution in [3.05, 3.63) is 24.3 Å². The van der Waals surface area contributed by atoms with Gasteiger partial charge in [-0.3, -0.25) is 14.8 Å². The highest BCUT2D eigenvalue weighted by Crippen LogP contribution is 2.28. The number of hydrogen-bond acceptors (Lipinski definition) is 4. The van der Waals surface area contributed by atoms with Gasteiger partial charge in [0.05, 0.1) is 24.5 Å². The van der Waals surface area contributed by atoms with Crippen molar-refractivity contribution >= 4 is 5.91 Å². The third-order valence-corrected chi connectivity index (χ3v) is 2.61. The predicted octanol–water partition coefficient (Wildman–Crippen LogP) is 0.315. The Morgan fingerprint density at radius 3 is 2.88 bits per heavy atom. The minimum atomic E-state index is -0.447. The zero-order chi connectivity index (χ0) is 11.5. The Hall–Kier alpha value is -1.49. The lowest BCUT2D eigenvalue weighted by Gasteiger charge is -2.23. The number of hydrogen-bond donors (Lipinski definition) is 1. The summed E-state index contributed by atoms with van der Waals surface area (Å²) < 4.78 is 0. The molecular weight excluding hydrogens is 204 g/mol. The topological polar surface area (TPSA) is 72.1 Å². The van der Waals surface area contributed by atoms with Crippen LogP contribution in [0.5, 0.6) is 0 Å². The molecule has 0 radical (unpaired) electrons. The van der Waals surface area contributed by atoms with Crippen LogP contribution in [0, 0.1) is 0 Å². The van der Waals surface area contributed by atoms with Gasteiger partial charge in [0.2, 0.25) is 5.91 Å². The molecule has 0 unspecified atom stereocenters. The van der Waals surface area contributed by atoms with Gasteiger partial charge >= 0.3 is 0 Å². The lowest BCUT2D eigenvalue weighted by atomic mass is 10.2. The molecule has 1 aliphatic carbocycles. The molecule has 0 aliphatic heterocycles. The SMILES string of the molecule is C[C@H](N)C(=O)N(Cc1cnccn1)C1CC1. The van der Waals surface area contributed by atoms with E-state index in [4.69, 9.17) is 5.73 Å². The summed E-state index contributed by atoms with van der Waals surface area (Å²) in [5, 5.41) is 0. The Morgan fingerprint density at radius 2 is 2.38 bits per heavy atom. The molecule has 0 spiro atoms. The fourth-order valence-electron chi connectivity index (χ4n) is 1.62. The molecule has 1 heterocycles. The second kappa shape index (κ2) is 4.57. The van der Waals surface area contributed by atoms with Gasteiger partial charge in [0.1, 0.15) is 0 Å². The Kier molecular flexibility index (Phi) is 3.14. The van der Waals surface area contributed by atoms with Crippen molar-refractivity contribution < 1.29 is 4.79 Å². The third kappa shape index (κ3) is 2.55. The lowest BCUT2D eigenvalue weighted by molar-refractivity contribution is -0.133. The molecule has 0 aromatic carbocycles. The molecule has 1 saturated carbocycles. The quantitative estimate of drug-likeness (QED) is 0.793. The van der Waals surface area contributed by atoms with Gasteiger partial charge in [-0.25, -0.2) is 0 Å². The molecule has 2 N–H and O–H groups in total. The van der Waals surface area contributed by atoms with E-state index in [9.17, 15) is 4.79 Å². The average molecular weight is 220 g/mol. The Bertz CT molecular complexity index is 362. The van der Waals surface area contributed by atoms with Crippen molar-refractivity contribution in [3.63, 3.8) is 0 Å². The smallest absolute Gasteiger partial charge is 0.239 e. The molecule has 1 aromatic rings. The maximum Gasteiger partial charge on any atom is 0.239 e. The summed E-state index contributed by atoms with van der Waals surface area (Å²) in [6.45, 7) is 2.23. The molecule has 1 amide bonds. The van der Waals surface area contributed by atoms with Gasteiger partial charge in [0.25, 0.3) is 0 Å². The van der Waals surface area contributed by atoms with E-state index >= 15 is 0 Å². The van der Waals surface area contributed by atoms with Crippen LogP contribution in [0.25, 0.3) is 0 Å². The number of carbonyl (C=O) groups is 1. The monoisotopic (exact) mass is 220 g/mol. The summed E-state index contributed by atoms with van der Waals surface area (Å²) in [6, 6.07) is -0.0993. The minimum absolute atomic E-state index is 0.00634. The first-order chi connectivity index (χ1) is 7.68. The van der Waals surface area contributed by atoms with Crippen LogP contribution >= 0.6 is 0 Å². The van der Waals surface area contributed by atoms with E-state index < -0.39 is 6.04 Å². The van der Waals surface area contributed by atoms with E-state index in [-0.39, 0.29) is 5.91 Å². The Morgan fingerprint density at radius 1 is 1.62 bits per heavy atom. The van der Waals surface area contributed by atoms with Crippen LogP contribution in [0.1, 0.15) is 25.5 Å². The largest absolute Gasteiger partial charge is 0.332 e. The highest BCUT2D eigenvalue weighted by Gasteiger charge is 2.33. The van der Waals surface area contributed by atoms with Crippen LogP contribution in [0.4, 0.5) is 0 Å². The highest BCUT2D eigenvalue weighted by molar-refractivity contribution is 5.81. The first kappa shape index (κ1) is 11.0. The number of amides is 1. The average Bonchev–Trinajstić information content (AvgIpc) is 3.10. The summed E-state index contributed by atoms with van der Waals surface area (Å²) in [5.41, 5.74) is 6.44. The zero-order valence-corrected chi connectivity index (χ0v) is 9.34. The van der Waals surface area contributed by atoms with Crippen molar-refractivity contribution in [1.29, 1.82) is 0 Å². The molecule has 1 atom stereocenters. The fraction of sp³-hybridized carbons (Fsp3) is 0.545. The second-order valence-corrected chi connectivity index (χ2v) is 4.18. The summed E-state index contributed by atoms with van der Waals surface area (Å²) in [6.07, 6.45) is 7.08. The number of rotatable bonds is 4. The number of carbonyl (C=O) groups excluding carboxylic acids is 1. The maximum absolute atomic E-state index is 11.9. The zero-order valence-electron chi connectivity index (χ0n) is 9.34. The number of aromatic nitrogens is 2. The van der Waals surface area contributed by atoms with E-state index in [1.165, 1.54) is 0 Å². The Balaban J connectivity index is 2.06. The molecular formula is C11H16N4O.